The van der Waals surface area contributed by atoms with Crippen molar-refractivity contribution in [3.63, 3.8) is 0 Å². The van der Waals surface area contributed by atoms with Crippen LogP contribution in [0.2, 0.25) is 0 Å². The molecule has 0 aliphatic rings. The number of nitrogens with two attached hydrogens (primary N) is 1. The molecule has 0 atom stereocenters. The quantitative estimate of drug-likeness (QED) is 0.927. The molecule has 1 aromatic carbocycles. The fourth-order valence-electron chi connectivity index (χ4n) is 1.85. The molecular weight excluding hydrogens is 252 g/mol. The Bertz CT molecular complexity index is 598. The highest BCUT2D eigenvalue weighted by molar-refractivity contribution is 5.62. The van der Waals surface area contributed by atoms with E-state index >= 15 is 0 Å². The first-order chi connectivity index (χ1) is 9.51. The normalized spacial score (nSPS) is 10.7. The van der Waals surface area contributed by atoms with Crippen molar-refractivity contribution in [3.8, 4) is 5.75 Å². The lowest BCUT2D eigenvalue weighted by Gasteiger charge is -2.20. The van der Waals surface area contributed by atoms with Crippen LogP contribution in [0, 0.1) is 0 Å². The molecule has 0 spiro atoms. The molecular formula is C15H20N4O. The first-order valence-corrected chi connectivity index (χ1v) is 6.53. The highest BCUT2D eigenvalue weighted by Gasteiger charge is 2.11. The van der Waals surface area contributed by atoms with E-state index in [4.69, 9.17) is 10.5 Å². The van der Waals surface area contributed by atoms with Crippen LogP contribution in [0.15, 0.2) is 30.3 Å². The lowest BCUT2D eigenvalue weighted by Crippen LogP contribution is -2.14. The number of nitrogens with zero attached hydrogens (tertiary/aromatic N) is 3. The summed E-state index contributed by atoms with van der Waals surface area (Å²) in [4.78, 5) is 10.8. The van der Waals surface area contributed by atoms with Gasteiger partial charge in [0, 0.05) is 30.8 Å². The van der Waals surface area contributed by atoms with Crippen LogP contribution in [0.3, 0.4) is 0 Å². The number of anilines is 3. The zero-order chi connectivity index (χ0) is 14.7. The molecule has 0 unspecified atom stereocenters. The van der Waals surface area contributed by atoms with Crippen molar-refractivity contribution in [2.75, 3.05) is 24.8 Å². The summed E-state index contributed by atoms with van der Waals surface area (Å²) < 4.78 is 5.24. The molecule has 2 rings (SSSR count). The summed E-state index contributed by atoms with van der Waals surface area (Å²) in [5, 5.41) is 0. The zero-order valence-electron chi connectivity index (χ0n) is 12.3. The van der Waals surface area contributed by atoms with Gasteiger partial charge in [-0.15, -0.1) is 0 Å². The molecule has 2 aromatic rings. The summed E-state index contributed by atoms with van der Waals surface area (Å²) in [6.07, 6.45) is 0. The fourth-order valence-corrected chi connectivity index (χ4v) is 1.85. The van der Waals surface area contributed by atoms with Gasteiger partial charge in [-0.3, -0.25) is 0 Å². The lowest BCUT2D eigenvalue weighted by atomic mass is 10.2. The minimum Gasteiger partial charge on any atom is -0.497 e. The second-order valence-corrected chi connectivity index (χ2v) is 4.92. The Morgan fingerprint density at radius 2 is 1.95 bits per heavy atom. The van der Waals surface area contributed by atoms with Crippen molar-refractivity contribution in [2.24, 2.45) is 0 Å². The number of aromatic nitrogens is 2. The van der Waals surface area contributed by atoms with Gasteiger partial charge < -0.3 is 15.4 Å². The molecule has 0 aliphatic heterocycles. The predicted octanol–water partition coefficient (Wildman–Crippen LogP) is 2.96. The van der Waals surface area contributed by atoms with E-state index in [1.165, 1.54) is 0 Å². The van der Waals surface area contributed by atoms with Gasteiger partial charge in [0.05, 0.1) is 7.11 Å². The van der Waals surface area contributed by atoms with Crippen molar-refractivity contribution in [1.29, 1.82) is 0 Å². The maximum Gasteiger partial charge on any atom is 0.138 e. The largest absolute Gasteiger partial charge is 0.497 e. The van der Waals surface area contributed by atoms with Crippen LogP contribution >= 0.6 is 0 Å². The minimum atomic E-state index is 0.232. The first kappa shape index (κ1) is 14.1. The van der Waals surface area contributed by atoms with Gasteiger partial charge in [-0.25, -0.2) is 9.97 Å². The smallest absolute Gasteiger partial charge is 0.138 e. The van der Waals surface area contributed by atoms with Crippen molar-refractivity contribution in [1.82, 2.24) is 9.97 Å². The van der Waals surface area contributed by atoms with Crippen LogP contribution in [-0.2, 0) is 0 Å². The maximum absolute atomic E-state index is 5.87. The number of hydrogen-bond acceptors (Lipinski definition) is 5. The van der Waals surface area contributed by atoms with Gasteiger partial charge in [0.1, 0.15) is 23.2 Å². The Kier molecular flexibility index (Phi) is 4.08. The zero-order valence-corrected chi connectivity index (χ0v) is 12.3. The van der Waals surface area contributed by atoms with Crippen LogP contribution in [0.5, 0.6) is 5.75 Å². The Labute approximate surface area is 119 Å². The minimum absolute atomic E-state index is 0.232. The maximum atomic E-state index is 5.87. The van der Waals surface area contributed by atoms with E-state index in [2.05, 4.69) is 9.97 Å². The Balaban J connectivity index is 2.39. The lowest BCUT2D eigenvalue weighted by molar-refractivity contribution is 0.415. The third-order valence-electron chi connectivity index (χ3n) is 3.05. The van der Waals surface area contributed by atoms with E-state index in [-0.39, 0.29) is 5.92 Å². The van der Waals surface area contributed by atoms with E-state index in [9.17, 15) is 0 Å². The van der Waals surface area contributed by atoms with Crippen LogP contribution in [0.4, 0.5) is 17.3 Å². The van der Waals surface area contributed by atoms with Gasteiger partial charge in [-0.2, -0.15) is 0 Å². The van der Waals surface area contributed by atoms with Crippen molar-refractivity contribution < 1.29 is 4.74 Å². The Morgan fingerprint density at radius 1 is 1.20 bits per heavy atom. The Hall–Kier alpha value is -2.30. The standard InChI is InChI=1S/C15H20N4O/c1-10(2)15-17-13(16)9-14(18-15)19(3)11-6-5-7-12(8-11)20-4/h5-10H,1-4H3,(H2,16,17,18). The molecule has 5 nitrogen and oxygen atoms in total. The molecule has 0 saturated heterocycles. The SMILES string of the molecule is COc1cccc(N(C)c2cc(N)nc(C(C)C)n2)c1. The number of benzene rings is 1. The van der Waals surface area contributed by atoms with Crippen molar-refractivity contribution in [3.05, 3.63) is 36.2 Å². The molecule has 5 heteroatoms. The third kappa shape index (κ3) is 2.99. The number of nitrogen functional groups attached to an aromatic ring is 1. The molecule has 106 valence electrons. The molecule has 0 radical (unpaired) electrons. The highest BCUT2D eigenvalue weighted by Crippen LogP contribution is 2.27. The first-order valence-electron chi connectivity index (χ1n) is 6.53. The average Bonchev–Trinajstić information content (AvgIpc) is 2.45. The van der Waals surface area contributed by atoms with E-state index in [0.717, 1.165) is 23.1 Å². The topological polar surface area (TPSA) is 64.3 Å². The molecule has 0 amide bonds. The molecule has 1 heterocycles. The molecule has 20 heavy (non-hydrogen) atoms. The van der Waals surface area contributed by atoms with Gasteiger partial charge in [-0.1, -0.05) is 19.9 Å². The van der Waals surface area contributed by atoms with Crippen molar-refractivity contribution >= 4 is 17.3 Å². The number of ether oxygens (including phenoxy) is 1. The molecule has 0 bridgehead atoms. The number of rotatable bonds is 4. The predicted molar refractivity (Wildman–Crippen MR) is 81.6 cm³/mol. The van der Waals surface area contributed by atoms with E-state index in [1.54, 1.807) is 13.2 Å². The second-order valence-electron chi connectivity index (χ2n) is 4.92. The summed E-state index contributed by atoms with van der Waals surface area (Å²) in [5.74, 6) is 3.04. The van der Waals surface area contributed by atoms with Crippen LogP contribution in [0.25, 0.3) is 0 Å². The molecule has 0 fully saturated rings. The number of methoxy groups -OCH3 is 1. The van der Waals surface area contributed by atoms with Crippen LogP contribution in [-0.4, -0.2) is 24.1 Å². The van der Waals surface area contributed by atoms with Gasteiger partial charge in [0.2, 0.25) is 0 Å². The van der Waals surface area contributed by atoms with Gasteiger partial charge in [-0.05, 0) is 12.1 Å². The summed E-state index contributed by atoms with van der Waals surface area (Å²) in [7, 11) is 3.60. The third-order valence-corrected chi connectivity index (χ3v) is 3.05. The summed E-state index contributed by atoms with van der Waals surface area (Å²) in [6.45, 7) is 4.09. The molecule has 0 saturated carbocycles. The van der Waals surface area contributed by atoms with E-state index in [1.807, 2.05) is 50.1 Å². The fraction of sp³-hybridized carbons (Fsp3) is 0.333. The highest BCUT2D eigenvalue weighted by atomic mass is 16.5. The number of hydrogen-bond donors (Lipinski definition) is 1. The molecule has 2 N–H and O–H groups in total. The van der Waals surface area contributed by atoms with E-state index < -0.39 is 0 Å². The summed E-state index contributed by atoms with van der Waals surface area (Å²) in [5.41, 5.74) is 6.85. The van der Waals surface area contributed by atoms with Crippen LogP contribution < -0.4 is 15.4 Å². The van der Waals surface area contributed by atoms with Gasteiger partial charge >= 0.3 is 0 Å². The second kappa shape index (κ2) is 5.77. The van der Waals surface area contributed by atoms with E-state index in [0.29, 0.717) is 5.82 Å². The molecule has 1 aromatic heterocycles. The van der Waals surface area contributed by atoms with Crippen LogP contribution in [0.1, 0.15) is 25.6 Å². The summed E-state index contributed by atoms with van der Waals surface area (Å²) >= 11 is 0. The van der Waals surface area contributed by atoms with Gasteiger partial charge in [0.25, 0.3) is 0 Å². The average molecular weight is 272 g/mol. The van der Waals surface area contributed by atoms with Crippen molar-refractivity contribution in [2.45, 2.75) is 19.8 Å². The van der Waals surface area contributed by atoms with Gasteiger partial charge in [0.15, 0.2) is 0 Å². The summed E-state index contributed by atoms with van der Waals surface area (Å²) in [6, 6.07) is 9.57. The molecule has 0 aliphatic carbocycles. The Morgan fingerprint density at radius 3 is 2.60 bits per heavy atom. The monoisotopic (exact) mass is 272 g/mol.